The Morgan fingerprint density at radius 3 is 2.91 bits per heavy atom. The van der Waals surface area contributed by atoms with Crippen molar-refractivity contribution in [2.24, 2.45) is 22.4 Å². The summed E-state index contributed by atoms with van der Waals surface area (Å²) in [5, 5.41) is 0. The van der Waals surface area contributed by atoms with Crippen molar-refractivity contribution in [3.05, 3.63) is 35.5 Å². The van der Waals surface area contributed by atoms with E-state index in [0.29, 0.717) is 17.7 Å². The van der Waals surface area contributed by atoms with Crippen LogP contribution in [0.3, 0.4) is 0 Å². The zero-order chi connectivity index (χ0) is 15.9. The van der Waals surface area contributed by atoms with E-state index < -0.39 is 12.1 Å². The summed E-state index contributed by atoms with van der Waals surface area (Å²) in [5.74, 6) is -1.00. The molecule has 0 saturated carbocycles. The molecular weight excluding hydrogens is 287 g/mol. The molecule has 3 aliphatic rings. The number of hydrogen-bond donors (Lipinski definition) is 2. The second-order valence-corrected chi connectivity index (χ2v) is 5.70. The van der Waals surface area contributed by atoms with Crippen LogP contribution >= 0.6 is 0 Å². The topological polar surface area (TPSA) is 102 Å². The molecule has 3 unspecified atom stereocenters. The first-order valence-corrected chi connectivity index (χ1v) is 7.12. The molecule has 1 saturated heterocycles. The zero-order valence-corrected chi connectivity index (χ0v) is 11.9. The van der Waals surface area contributed by atoms with Gasteiger partial charge in [0.2, 0.25) is 0 Å². The number of carbonyl (C=O) groups excluding carboxylic acids is 2. The molecule has 7 heteroatoms. The molecule has 1 aliphatic carbocycles. The average Bonchev–Trinajstić information content (AvgIpc) is 2.85. The Hall–Kier alpha value is -2.28. The van der Waals surface area contributed by atoms with Gasteiger partial charge in [-0.25, -0.2) is 4.39 Å². The Labute approximate surface area is 127 Å². The van der Waals surface area contributed by atoms with Gasteiger partial charge in [-0.05, 0) is 42.7 Å². The number of alkyl halides is 1. The molecule has 1 fully saturated rings. The summed E-state index contributed by atoms with van der Waals surface area (Å²) in [6, 6.07) is -0.181. The lowest BCUT2D eigenvalue weighted by atomic mass is 9.83. The van der Waals surface area contributed by atoms with Gasteiger partial charge < -0.3 is 11.5 Å². The van der Waals surface area contributed by atoms with Crippen molar-refractivity contribution in [3.63, 3.8) is 0 Å². The van der Waals surface area contributed by atoms with E-state index in [2.05, 4.69) is 4.99 Å². The maximum Gasteiger partial charge on any atom is 0.279 e. The van der Waals surface area contributed by atoms with Crippen LogP contribution in [0, 0.1) is 5.92 Å². The van der Waals surface area contributed by atoms with Crippen molar-refractivity contribution in [2.45, 2.75) is 18.6 Å². The number of halogens is 1. The van der Waals surface area contributed by atoms with E-state index in [9.17, 15) is 14.0 Å². The predicted octanol–water partition coefficient (Wildman–Crippen LogP) is -0.180. The van der Waals surface area contributed by atoms with Gasteiger partial charge in [-0.15, -0.1) is 0 Å². The summed E-state index contributed by atoms with van der Waals surface area (Å²) in [4.78, 5) is 29.2. The van der Waals surface area contributed by atoms with Crippen LogP contribution in [0.15, 0.2) is 40.4 Å². The molecule has 2 aliphatic heterocycles. The molecule has 0 aromatic heterocycles. The summed E-state index contributed by atoms with van der Waals surface area (Å²) in [6.45, 7) is 0.964. The summed E-state index contributed by atoms with van der Waals surface area (Å²) in [7, 11) is 0. The average molecular weight is 304 g/mol. The largest absolute Gasteiger partial charge is 0.370 e. The first-order chi connectivity index (χ1) is 10.5. The quantitative estimate of drug-likeness (QED) is 0.517. The van der Waals surface area contributed by atoms with Gasteiger partial charge in [0.15, 0.2) is 11.7 Å². The fourth-order valence-electron chi connectivity index (χ4n) is 3.35. The Bertz CT molecular complexity index is 646. The van der Waals surface area contributed by atoms with Crippen LogP contribution in [0.2, 0.25) is 0 Å². The highest BCUT2D eigenvalue weighted by molar-refractivity contribution is 6.03. The van der Waals surface area contributed by atoms with Crippen LogP contribution in [0.5, 0.6) is 0 Å². The second kappa shape index (κ2) is 5.49. The van der Waals surface area contributed by atoms with E-state index in [1.54, 1.807) is 6.08 Å². The first kappa shape index (κ1) is 14.6. The van der Waals surface area contributed by atoms with Gasteiger partial charge in [0.25, 0.3) is 5.91 Å². The van der Waals surface area contributed by atoms with Crippen molar-refractivity contribution >= 4 is 17.6 Å². The van der Waals surface area contributed by atoms with Crippen LogP contribution in [0.1, 0.15) is 6.42 Å². The molecule has 0 bridgehead atoms. The van der Waals surface area contributed by atoms with Gasteiger partial charge in [-0.3, -0.25) is 14.5 Å². The standard InChI is InChI=1S/C15H17FN4O2/c16-12-2-1-10(21)7-20-4-3-8-5-9(6-11(12)13(8)20)14(22)19-15(17)18/h1-2,5-6,8,12-13H,3-4,7H2,(H4,17,18,19,22). The predicted molar refractivity (Wildman–Crippen MR) is 79.5 cm³/mol. The molecule has 4 N–H and O–H groups in total. The highest BCUT2D eigenvalue weighted by Crippen LogP contribution is 2.38. The lowest BCUT2D eigenvalue weighted by molar-refractivity contribution is -0.116. The third-order valence-corrected chi connectivity index (χ3v) is 4.21. The Kier molecular flexibility index (Phi) is 3.66. The van der Waals surface area contributed by atoms with Gasteiger partial charge in [0.05, 0.1) is 6.54 Å². The van der Waals surface area contributed by atoms with E-state index in [0.717, 1.165) is 6.42 Å². The molecule has 0 aromatic carbocycles. The van der Waals surface area contributed by atoms with Gasteiger partial charge in [0, 0.05) is 11.6 Å². The number of ketones is 1. The highest BCUT2D eigenvalue weighted by Gasteiger charge is 2.41. The molecular formula is C15H17FN4O2. The van der Waals surface area contributed by atoms with E-state index in [-0.39, 0.29) is 30.2 Å². The normalized spacial score (nSPS) is 30.8. The summed E-state index contributed by atoms with van der Waals surface area (Å²) in [5.41, 5.74) is 11.2. The third-order valence-electron chi connectivity index (χ3n) is 4.21. The molecule has 3 atom stereocenters. The van der Waals surface area contributed by atoms with Crippen LogP contribution < -0.4 is 11.5 Å². The third kappa shape index (κ3) is 2.59. The molecule has 22 heavy (non-hydrogen) atoms. The van der Waals surface area contributed by atoms with E-state index in [1.165, 1.54) is 18.2 Å². The highest BCUT2D eigenvalue weighted by atomic mass is 19.1. The lowest BCUT2D eigenvalue weighted by Crippen LogP contribution is -2.42. The maximum atomic E-state index is 14.4. The van der Waals surface area contributed by atoms with Gasteiger partial charge in [-0.2, -0.15) is 4.99 Å². The SMILES string of the molecule is NC(N)=NC(=O)C1=CC2CCN3CC(=O)C=CC(F)C(=C1)C23. The zero-order valence-electron chi connectivity index (χ0n) is 11.9. The minimum atomic E-state index is -1.40. The Morgan fingerprint density at radius 2 is 2.18 bits per heavy atom. The number of guanidine groups is 1. The van der Waals surface area contributed by atoms with Crippen LogP contribution in [0.4, 0.5) is 4.39 Å². The lowest BCUT2D eigenvalue weighted by Gasteiger charge is -2.33. The van der Waals surface area contributed by atoms with Gasteiger partial charge in [0.1, 0.15) is 6.17 Å². The van der Waals surface area contributed by atoms with Crippen LogP contribution in [-0.4, -0.2) is 47.9 Å². The molecule has 116 valence electrons. The minimum Gasteiger partial charge on any atom is -0.370 e. The van der Waals surface area contributed by atoms with Crippen LogP contribution in [-0.2, 0) is 9.59 Å². The maximum absolute atomic E-state index is 14.4. The molecule has 2 heterocycles. The van der Waals surface area contributed by atoms with Crippen molar-refractivity contribution in [3.8, 4) is 0 Å². The summed E-state index contributed by atoms with van der Waals surface area (Å²) in [6.07, 6.45) is 5.18. The number of nitrogens with two attached hydrogens (primary N) is 2. The fraction of sp³-hybridized carbons (Fsp3) is 0.400. The minimum absolute atomic E-state index is 0.00861. The van der Waals surface area contributed by atoms with E-state index in [4.69, 9.17) is 11.5 Å². The molecule has 3 rings (SSSR count). The monoisotopic (exact) mass is 304 g/mol. The van der Waals surface area contributed by atoms with Crippen molar-refractivity contribution in [1.29, 1.82) is 0 Å². The van der Waals surface area contributed by atoms with Gasteiger partial charge >= 0.3 is 0 Å². The van der Waals surface area contributed by atoms with Crippen molar-refractivity contribution < 1.29 is 14.0 Å². The second-order valence-electron chi connectivity index (χ2n) is 5.70. The number of hydrogen-bond acceptors (Lipinski definition) is 3. The number of amides is 1. The smallest absolute Gasteiger partial charge is 0.279 e. The number of nitrogens with zero attached hydrogens (tertiary/aromatic N) is 2. The van der Waals surface area contributed by atoms with Gasteiger partial charge in [-0.1, -0.05) is 6.08 Å². The summed E-state index contributed by atoms with van der Waals surface area (Å²) >= 11 is 0. The molecule has 0 radical (unpaired) electrons. The number of aliphatic imine (C=N–C) groups is 1. The molecule has 6 nitrogen and oxygen atoms in total. The van der Waals surface area contributed by atoms with E-state index in [1.807, 2.05) is 4.90 Å². The Balaban J connectivity index is 2.00. The van der Waals surface area contributed by atoms with E-state index >= 15 is 0 Å². The number of carbonyl (C=O) groups is 2. The molecule has 0 aromatic rings. The number of rotatable bonds is 1. The summed E-state index contributed by atoms with van der Waals surface area (Å²) < 4.78 is 14.4. The fourth-order valence-corrected chi connectivity index (χ4v) is 3.35. The van der Waals surface area contributed by atoms with Crippen molar-refractivity contribution in [2.75, 3.05) is 13.1 Å². The van der Waals surface area contributed by atoms with Crippen molar-refractivity contribution in [1.82, 2.24) is 4.90 Å². The first-order valence-electron chi connectivity index (χ1n) is 7.12. The van der Waals surface area contributed by atoms with Crippen LogP contribution in [0.25, 0.3) is 0 Å². The number of allylic oxidation sites excluding steroid dienone is 1. The molecule has 0 spiro atoms. The Morgan fingerprint density at radius 1 is 1.41 bits per heavy atom. The molecule has 1 amide bonds.